The van der Waals surface area contributed by atoms with Crippen LogP contribution in [-0.2, 0) is 11.3 Å². The van der Waals surface area contributed by atoms with Gasteiger partial charge in [-0.25, -0.2) is 4.39 Å². The zero-order valence-corrected chi connectivity index (χ0v) is 12.6. The Morgan fingerprint density at radius 1 is 1.38 bits per heavy atom. The number of aliphatic hydroxyl groups excluding tert-OH is 1. The summed E-state index contributed by atoms with van der Waals surface area (Å²) in [7, 11) is 0. The van der Waals surface area contributed by atoms with Crippen molar-refractivity contribution < 1.29 is 19.4 Å². The number of aliphatic hydroxyl groups is 2. The standard InChI is InChI=1S/C16H24FNO3/c1-16(2,21)9-4-3-8-14(19)15(20)18-11-12-6-5-7-13(17)10-12/h5-7,10,14,19,21H,3-4,8-9,11H2,1-2H3,(H,18,20)/t14-/m0/s1. The summed E-state index contributed by atoms with van der Waals surface area (Å²) in [6.45, 7) is 3.65. The van der Waals surface area contributed by atoms with Crippen molar-refractivity contribution in [3.63, 3.8) is 0 Å². The number of benzene rings is 1. The van der Waals surface area contributed by atoms with Gasteiger partial charge in [0.1, 0.15) is 11.9 Å². The first kappa shape index (κ1) is 17.6. The molecule has 1 rings (SSSR count). The van der Waals surface area contributed by atoms with Crippen molar-refractivity contribution in [2.45, 2.75) is 57.8 Å². The van der Waals surface area contributed by atoms with Crippen molar-refractivity contribution in [3.8, 4) is 0 Å². The molecule has 0 aliphatic carbocycles. The van der Waals surface area contributed by atoms with Gasteiger partial charge in [0.25, 0.3) is 0 Å². The van der Waals surface area contributed by atoms with Gasteiger partial charge in [-0.15, -0.1) is 0 Å². The summed E-state index contributed by atoms with van der Waals surface area (Å²) in [5.74, 6) is -0.809. The van der Waals surface area contributed by atoms with E-state index in [1.807, 2.05) is 0 Å². The minimum absolute atomic E-state index is 0.192. The molecule has 0 fully saturated rings. The number of unbranched alkanes of at least 4 members (excludes halogenated alkanes) is 1. The van der Waals surface area contributed by atoms with Gasteiger partial charge in [-0.3, -0.25) is 4.79 Å². The fourth-order valence-corrected chi connectivity index (χ4v) is 1.98. The Balaban J connectivity index is 2.25. The second-order valence-electron chi connectivity index (χ2n) is 5.92. The van der Waals surface area contributed by atoms with E-state index in [9.17, 15) is 19.4 Å². The van der Waals surface area contributed by atoms with Gasteiger partial charge < -0.3 is 15.5 Å². The normalized spacial score (nSPS) is 13.0. The Kier molecular flexibility index (Phi) is 6.78. The zero-order valence-electron chi connectivity index (χ0n) is 12.6. The van der Waals surface area contributed by atoms with Crippen LogP contribution in [0.1, 0.15) is 45.1 Å². The third-order valence-corrected chi connectivity index (χ3v) is 3.17. The van der Waals surface area contributed by atoms with Crippen LogP contribution >= 0.6 is 0 Å². The van der Waals surface area contributed by atoms with Gasteiger partial charge >= 0.3 is 0 Å². The molecule has 0 unspecified atom stereocenters. The predicted octanol–water partition coefficient (Wildman–Crippen LogP) is 2.13. The fraction of sp³-hybridized carbons (Fsp3) is 0.562. The lowest BCUT2D eigenvalue weighted by Crippen LogP contribution is -2.34. The molecule has 0 aromatic heterocycles. The van der Waals surface area contributed by atoms with Crippen molar-refractivity contribution >= 4 is 5.91 Å². The zero-order chi connectivity index (χ0) is 15.9. The van der Waals surface area contributed by atoms with Gasteiger partial charge in [-0.1, -0.05) is 25.0 Å². The minimum Gasteiger partial charge on any atom is -0.390 e. The van der Waals surface area contributed by atoms with E-state index in [-0.39, 0.29) is 12.4 Å². The van der Waals surface area contributed by atoms with E-state index in [1.165, 1.54) is 12.1 Å². The summed E-state index contributed by atoms with van der Waals surface area (Å²) in [5, 5.41) is 21.9. The van der Waals surface area contributed by atoms with Crippen molar-refractivity contribution in [1.82, 2.24) is 5.32 Å². The van der Waals surface area contributed by atoms with Crippen LogP contribution in [0.3, 0.4) is 0 Å². The number of nitrogens with one attached hydrogen (secondary N) is 1. The average molecular weight is 297 g/mol. The highest BCUT2D eigenvalue weighted by Crippen LogP contribution is 2.14. The van der Waals surface area contributed by atoms with Crippen LogP contribution in [0.25, 0.3) is 0 Å². The summed E-state index contributed by atoms with van der Waals surface area (Å²) in [6, 6.07) is 5.96. The van der Waals surface area contributed by atoms with Gasteiger partial charge in [-0.05, 0) is 44.4 Å². The van der Waals surface area contributed by atoms with E-state index in [0.717, 1.165) is 6.42 Å². The summed E-state index contributed by atoms with van der Waals surface area (Å²) < 4.78 is 13.0. The highest BCUT2D eigenvalue weighted by molar-refractivity contribution is 5.80. The SMILES string of the molecule is CC(C)(O)CCCC[C@H](O)C(=O)NCc1cccc(F)c1. The number of carbonyl (C=O) groups excluding carboxylic acids is 1. The molecule has 3 N–H and O–H groups in total. The molecular formula is C16H24FNO3. The molecule has 0 aliphatic heterocycles. The molecule has 5 heteroatoms. The lowest BCUT2D eigenvalue weighted by Gasteiger charge is -2.17. The van der Waals surface area contributed by atoms with E-state index in [2.05, 4.69) is 5.32 Å². The second kappa shape index (κ2) is 8.10. The Morgan fingerprint density at radius 3 is 2.71 bits per heavy atom. The van der Waals surface area contributed by atoms with Crippen LogP contribution in [0.4, 0.5) is 4.39 Å². The Labute approximate surface area is 125 Å². The minimum atomic E-state index is -1.07. The maximum absolute atomic E-state index is 13.0. The highest BCUT2D eigenvalue weighted by Gasteiger charge is 2.16. The lowest BCUT2D eigenvalue weighted by molar-refractivity contribution is -0.129. The first-order valence-corrected chi connectivity index (χ1v) is 7.20. The monoisotopic (exact) mass is 297 g/mol. The molecule has 0 bridgehead atoms. The molecular weight excluding hydrogens is 273 g/mol. The van der Waals surface area contributed by atoms with E-state index in [1.54, 1.807) is 26.0 Å². The molecule has 0 heterocycles. The van der Waals surface area contributed by atoms with Crippen molar-refractivity contribution in [2.24, 2.45) is 0 Å². The first-order valence-electron chi connectivity index (χ1n) is 7.20. The van der Waals surface area contributed by atoms with Gasteiger partial charge in [-0.2, -0.15) is 0 Å². The molecule has 0 aliphatic rings. The first-order chi connectivity index (χ1) is 9.78. The number of rotatable bonds is 8. The molecule has 0 radical (unpaired) electrons. The molecule has 1 amide bonds. The maximum atomic E-state index is 13.0. The topological polar surface area (TPSA) is 69.6 Å². The van der Waals surface area contributed by atoms with Crippen molar-refractivity contribution in [3.05, 3.63) is 35.6 Å². The molecule has 0 saturated heterocycles. The average Bonchev–Trinajstić information content (AvgIpc) is 2.39. The molecule has 1 aromatic carbocycles. The van der Waals surface area contributed by atoms with E-state index in [0.29, 0.717) is 24.8 Å². The molecule has 4 nitrogen and oxygen atoms in total. The summed E-state index contributed by atoms with van der Waals surface area (Å²) in [5.41, 5.74) is -0.0671. The molecule has 1 aromatic rings. The van der Waals surface area contributed by atoms with Crippen molar-refractivity contribution in [1.29, 1.82) is 0 Å². The van der Waals surface area contributed by atoms with E-state index in [4.69, 9.17) is 0 Å². The van der Waals surface area contributed by atoms with Crippen LogP contribution in [0.2, 0.25) is 0 Å². The second-order valence-corrected chi connectivity index (χ2v) is 5.92. The van der Waals surface area contributed by atoms with Gasteiger partial charge in [0.05, 0.1) is 5.60 Å². The molecule has 21 heavy (non-hydrogen) atoms. The van der Waals surface area contributed by atoms with Crippen LogP contribution in [0.15, 0.2) is 24.3 Å². The predicted molar refractivity (Wildman–Crippen MR) is 79.0 cm³/mol. The Hall–Kier alpha value is -1.46. The number of carbonyl (C=O) groups is 1. The largest absolute Gasteiger partial charge is 0.390 e. The highest BCUT2D eigenvalue weighted by atomic mass is 19.1. The number of hydrogen-bond acceptors (Lipinski definition) is 3. The summed E-state index contributed by atoms with van der Waals surface area (Å²) in [6.07, 6.45) is 1.33. The number of hydrogen-bond donors (Lipinski definition) is 3. The van der Waals surface area contributed by atoms with E-state index >= 15 is 0 Å². The third kappa shape index (κ3) is 7.78. The van der Waals surface area contributed by atoms with Gasteiger partial charge in [0, 0.05) is 6.54 Å². The molecule has 0 saturated carbocycles. The Bertz CT molecular complexity index is 457. The van der Waals surface area contributed by atoms with Crippen LogP contribution in [-0.4, -0.2) is 27.8 Å². The van der Waals surface area contributed by atoms with Gasteiger partial charge in [0.2, 0.25) is 5.91 Å². The summed E-state index contributed by atoms with van der Waals surface area (Å²) in [4.78, 5) is 11.7. The fourth-order valence-electron chi connectivity index (χ4n) is 1.98. The smallest absolute Gasteiger partial charge is 0.249 e. The lowest BCUT2D eigenvalue weighted by atomic mass is 10.00. The third-order valence-electron chi connectivity index (χ3n) is 3.17. The molecule has 1 atom stereocenters. The molecule has 118 valence electrons. The molecule has 0 spiro atoms. The van der Waals surface area contributed by atoms with E-state index < -0.39 is 17.6 Å². The van der Waals surface area contributed by atoms with Gasteiger partial charge in [0.15, 0.2) is 0 Å². The quantitative estimate of drug-likeness (QED) is 0.644. The Morgan fingerprint density at radius 2 is 2.10 bits per heavy atom. The van der Waals surface area contributed by atoms with Crippen LogP contribution in [0, 0.1) is 5.82 Å². The number of halogens is 1. The van der Waals surface area contributed by atoms with Crippen molar-refractivity contribution in [2.75, 3.05) is 0 Å². The van der Waals surface area contributed by atoms with Crippen LogP contribution in [0.5, 0.6) is 0 Å². The van der Waals surface area contributed by atoms with Crippen LogP contribution < -0.4 is 5.32 Å². The maximum Gasteiger partial charge on any atom is 0.249 e. The number of amides is 1. The summed E-state index contributed by atoms with van der Waals surface area (Å²) >= 11 is 0.